The molecule has 1 saturated carbocycles. The van der Waals surface area contributed by atoms with E-state index in [1.165, 1.54) is 0 Å². The number of carboxylic acid groups (broad SMARTS) is 1. The molecule has 18 heavy (non-hydrogen) atoms. The Kier molecular flexibility index (Phi) is 3.78. The van der Waals surface area contributed by atoms with Gasteiger partial charge in [0.1, 0.15) is 6.04 Å². The maximum Gasteiger partial charge on any atom is 0.326 e. The quantitative estimate of drug-likeness (QED) is 0.835. The van der Waals surface area contributed by atoms with Gasteiger partial charge in [-0.1, -0.05) is 6.92 Å². The van der Waals surface area contributed by atoms with Crippen molar-refractivity contribution in [1.29, 1.82) is 0 Å². The molecule has 2 aliphatic rings. The molecule has 0 spiro atoms. The number of likely N-dealkylation sites (tertiary alicyclic amines) is 1. The van der Waals surface area contributed by atoms with Crippen LogP contribution in [0, 0.1) is 5.92 Å². The van der Waals surface area contributed by atoms with Crippen LogP contribution in [0.4, 0.5) is 4.79 Å². The van der Waals surface area contributed by atoms with Gasteiger partial charge in [0.15, 0.2) is 0 Å². The maximum atomic E-state index is 12.4. The minimum Gasteiger partial charge on any atom is -0.480 e. The van der Waals surface area contributed by atoms with Crippen molar-refractivity contribution in [2.75, 3.05) is 13.1 Å². The monoisotopic (exact) mass is 254 g/mol. The second kappa shape index (κ2) is 5.16. The Morgan fingerprint density at radius 2 is 2.00 bits per heavy atom. The first-order chi connectivity index (χ1) is 8.54. The molecule has 2 fully saturated rings. The molecule has 2 atom stereocenters. The Hall–Kier alpha value is -1.26. The zero-order valence-corrected chi connectivity index (χ0v) is 11.1. The van der Waals surface area contributed by atoms with E-state index in [-0.39, 0.29) is 6.03 Å². The molecule has 0 bridgehead atoms. The maximum absolute atomic E-state index is 12.4. The molecule has 0 aromatic carbocycles. The molecule has 1 aliphatic heterocycles. The van der Waals surface area contributed by atoms with Crippen molar-refractivity contribution in [3.63, 3.8) is 0 Å². The van der Waals surface area contributed by atoms with Crippen molar-refractivity contribution < 1.29 is 14.7 Å². The molecule has 0 aromatic rings. The Bertz CT molecular complexity index is 341. The summed E-state index contributed by atoms with van der Waals surface area (Å²) in [5, 5.41) is 9.27. The number of piperidine rings is 1. The van der Waals surface area contributed by atoms with Crippen molar-refractivity contribution in [3.8, 4) is 0 Å². The first kappa shape index (κ1) is 13.2. The van der Waals surface area contributed by atoms with Gasteiger partial charge in [-0.15, -0.1) is 0 Å². The number of carbonyl (C=O) groups is 2. The molecule has 0 aromatic heterocycles. The van der Waals surface area contributed by atoms with Crippen LogP contribution in [0.5, 0.6) is 0 Å². The topological polar surface area (TPSA) is 60.9 Å². The molecular weight excluding hydrogens is 232 g/mol. The number of carbonyl (C=O) groups excluding carboxylic acids is 1. The van der Waals surface area contributed by atoms with E-state index in [4.69, 9.17) is 0 Å². The standard InChI is InChI=1S/C13H22N2O3/c1-3-14(10-4-5-10)13(18)15-7-6-9(2)8-11(15)12(16)17/h9-11H,3-8H2,1-2H3,(H,16,17). The highest BCUT2D eigenvalue weighted by Gasteiger charge is 2.40. The second-order valence-electron chi connectivity index (χ2n) is 5.48. The van der Waals surface area contributed by atoms with E-state index in [2.05, 4.69) is 6.92 Å². The highest BCUT2D eigenvalue weighted by atomic mass is 16.4. The van der Waals surface area contributed by atoms with Crippen molar-refractivity contribution in [3.05, 3.63) is 0 Å². The molecule has 0 radical (unpaired) electrons. The molecule has 102 valence electrons. The lowest BCUT2D eigenvalue weighted by atomic mass is 9.92. The molecule has 5 nitrogen and oxygen atoms in total. The van der Waals surface area contributed by atoms with E-state index >= 15 is 0 Å². The van der Waals surface area contributed by atoms with Crippen molar-refractivity contribution in [1.82, 2.24) is 9.80 Å². The zero-order chi connectivity index (χ0) is 13.3. The molecule has 5 heteroatoms. The van der Waals surface area contributed by atoms with E-state index < -0.39 is 12.0 Å². The normalized spacial score (nSPS) is 28.0. The van der Waals surface area contributed by atoms with Gasteiger partial charge in [-0.25, -0.2) is 9.59 Å². The predicted octanol–water partition coefficient (Wildman–Crippen LogP) is 1.78. The van der Waals surface area contributed by atoms with Gasteiger partial charge in [-0.2, -0.15) is 0 Å². The number of aliphatic carboxylic acids is 1. The number of hydrogen-bond donors (Lipinski definition) is 1. The summed E-state index contributed by atoms with van der Waals surface area (Å²) in [7, 11) is 0. The fourth-order valence-corrected chi connectivity index (χ4v) is 2.71. The molecule has 2 unspecified atom stereocenters. The summed E-state index contributed by atoms with van der Waals surface area (Å²) in [6, 6.07) is -0.385. The molecule has 1 saturated heterocycles. The number of amides is 2. The van der Waals surface area contributed by atoms with Crippen molar-refractivity contribution in [2.24, 2.45) is 5.92 Å². The largest absolute Gasteiger partial charge is 0.480 e. The lowest BCUT2D eigenvalue weighted by Crippen LogP contribution is -2.54. The van der Waals surface area contributed by atoms with Gasteiger partial charge in [-0.3, -0.25) is 0 Å². The first-order valence-electron chi connectivity index (χ1n) is 6.84. The predicted molar refractivity (Wildman–Crippen MR) is 67.3 cm³/mol. The summed E-state index contributed by atoms with van der Waals surface area (Å²) in [5.41, 5.74) is 0. The third-order valence-electron chi connectivity index (χ3n) is 3.97. The third-order valence-corrected chi connectivity index (χ3v) is 3.97. The van der Waals surface area contributed by atoms with Crippen molar-refractivity contribution >= 4 is 12.0 Å². The van der Waals surface area contributed by atoms with Crippen LogP contribution in [0.3, 0.4) is 0 Å². The number of urea groups is 1. The van der Waals surface area contributed by atoms with Crippen LogP contribution in [0.25, 0.3) is 0 Å². The average molecular weight is 254 g/mol. The van der Waals surface area contributed by atoms with Crippen molar-refractivity contribution in [2.45, 2.75) is 51.6 Å². The van der Waals surface area contributed by atoms with Crippen LogP contribution in [0.2, 0.25) is 0 Å². The van der Waals surface area contributed by atoms with Crippen LogP contribution in [-0.4, -0.2) is 52.1 Å². The lowest BCUT2D eigenvalue weighted by Gasteiger charge is -2.39. The Morgan fingerprint density at radius 1 is 1.33 bits per heavy atom. The highest BCUT2D eigenvalue weighted by Crippen LogP contribution is 2.30. The van der Waals surface area contributed by atoms with Crippen LogP contribution in [-0.2, 0) is 4.79 Å². The van der Waals surface area contributed by atoms with Gasteiger partial charge in [0, 0.05) is 19.1 Å². The minimum atomic E-state index is -0.873. The summed E-state index contributed by atoms with van der Waals surface area (Å²) in [6.07, 6.45) is 3.59. The third kappa shape index (κ3) is 2.60. The average Bonchev–Trinajstić information content (AvgIpc) is 3.14. The summed E-state index contributed by atoms with van der Waals surface area (Å²) in [5.74, 6) is -0.493. The lowest BCUT2D eigenvalue weighted by molar-refractivity contribution is -0.144. The summed E-state index contributed by atoms with van der Waals surface area (Å²) in [4.78, 5) is 27.1. The van der Waals surface area contributed by atoms with Gasteiger partial charge in [-0.05, 0) is 38.5 Å². The molecule has 1 heterocycles. The van der Waals surface area contributed by atoms with Crippen LogP contribution in [0.1, 0.15) is 39.5 Å². The Labute approximate surface area is 108 Å². The van der Waals surface area contributed by atoms with Gasteiger partial charge < -0.3 is 14.9 Å². The van der Waals surface area contributed by atoms with E-state index in [9.17, 15) is 14.7 Å². The van der Waals surface area contributed by atoms with E-state index in [0.717, 1.165) is 19.3 Å². The van der Waals surface area contributed by atoms with E-state index in [1.54, 1.807) is 4.90 Å². The van der Waals surface area contributed by atoms with Crippen LogP contribution >= 0.6 is 0 Å². The number of nitrogens with zero attached hydrogens (tertiary/aromatic N) is 2. The fraction of sp³-hybridized carbons (Fsp3) is 0.846. The fourth-order valence-electron chi connectivity index (χ4n) is 2.71. The van der Waals surface area contributed by atoms with Gasteiger partial charge in [0.05, 0.1) is 0 Å². The second-order valence-corrected chi connectivity index (χ2v) is 5.48. The number of hydrogen-bond acceptors (Lipinski definition) is 2. The number of rotatable bonds is 3. The van der Waals surface area contributed by atoms with Gasteiger partial charge >= 0.3 is 12.0 Å². The first-order valence-corrected chi connectivity index (χ1v) is 6.84. The smallest absolute Gasteiger partial charge is 0.326 e. The zero-order valence-electron chi connectivity index (χ0n) is 11.1. The Balaban J connectivity index is 2.08. The SMILES string of the molecule is CCN(C(=O)N1CCC(C)CC1C(=O)O)C1CC1. The molecule has 1 aliphatic carbocycles. The van der Waals surface area contributed by atoms with Crippen LogP contribution in [0.15, 0.2) is 0 Å². The van der Waals surface area contributed by atoms with E-state index in [1.807, 2.05) is 11.8 Å². The van der Waals surface area contributed by atoms with Gasteiger partial charge in [0.2, 0.25) is 0 Å². The van der Waals surface area contributed by atoms with Gasteiger partial charge in [0.25, 0.3) is 0 Å². The summed E-state index contributed by atoms with van der Waals surface area (Å²) >= 11 is 0. The summed E-state index contributed by atoms with van der Waals surface area (Å²) in [6.45, 7) is 5.25. The number of carboxylic acids is 1. The molecule has 2 rings (SSSR count). The van der Waals surface area contributed by atoms with Crippen LogP contribution < -0.4 is 0 Å². The summed E-state index contributed by atoms with van der Waals surface area (Å²) < 4.78 is 0. The highest BCUT2D eigenvalue weighted by molar-refractivity contribution is 5.83. The molecule has 2 amide bonds. The molecule has 1 N–H and O–H groups in total. The Morgan fingerprint density at radius 3 is 2.50 bits per heavy atom. The van der Waals surface area contributed by atoms with E-state index in [0.29, 0.717) is 31.5 Å². The molecular formula is C13H22N2O3. The minimum absolute atomic E-state index is 0.0840.